The molecule has 168 valence electrons. The molecule has 11 heteroatoms. The van der Waals surface area contributed by atoms with Crippen LogP contribution in [0.4, 0.5) is 23.1 Å². The second-order valence-corrected chi connectivity index (χ2v) is 7.97. The molecule has 11 nitrogen and oxygen atoms in total. The van der Waals surface area contributed by atoms with Crippen LogP contribution in [0, 0.1) is 10.1 Å². The number of piperidine rings is 1. The topological polar surface area (TPSA) is 150 Å². The molecule has 0 unspecified atom stereocenters. The summed E-state index contributed by atoms with van der Waals surface area (Å²) in [6.45, 7) is 2.82. The van der Waals surface area contributed by atoms with Crippen LogP contribution < -0.4 is 21.1 Å². The van der Waals surface area contributed by atoms with Crippen LogP contribution in [0.3, 0.4) is 0 Å². The van der Waals surface area contributed by atoms with E-state index in [1.807, 2.05) is 4.90 Å². The van der Waals surface area contributed by atoms with E-state index in [2.05, 4.69) is 27.5 Å². The fraction of sp³-hybridized carbons (Fsp3) is 0.429. The van der Waals surface area contributed by atoms with Crippen LogP contribution in [-0.2, 0) is 9.59 Å². The van der Waals surface area contributed by atoms with Gasteiger partial charge in [-0.2, -0.15) is 4.98 Å². The van der Waals surface area contributed by atoms with E-state index in [4.69, 9.17) is 0 Å². The zero-order valence-electron chi connectivity index (χ0n) is 17.6. The highest BCUT2D eigenvalue weighted by atomic mass is 16.6. The van der Waals surface area contributed by atoms with E-state index in [9.17, 15) is 24.5 Å². The molecular weight excluding hydrogens is 416 g/mol. The van der Waals surface area contributed by atoms with Crippen molar-refractivity contribution in [1.82, 2.24) is 9.97 Å². The first-order valence-electron chi connectivity index (χ1n) is 10.6. The van der Waals surface area contributed by atoms with Gasteiger partial charge in [-0.1, -0.05) is 19.1 Å². The molecule has 2 aromatic rings. The largest absolute Gasteiger partial charge is 0.339 e. The predicted molar refractivity (Wildman–Crippen MR) is 118 cm³/mol. The van der Waals surface area contributed by atoms with Crippen molar-refractivity contribution >= 4 is 35.0 Å². The maximum absolute atomic E-state index is 13.0. The molecule has 0 spiro atoms. The summed E-state index contributed by atoms with van der Waals surface area (Å²) >= 11 is 0. The van der Waals surface area contributed by atoms with E-state index in [0.717, 1.165) is 32.2 Å². The quantitative estimate of drug-likeness (QED) is 0.477. The lowest BCUT2D eigenvalue weighted by Crippen LogP contribution is -2.43. The van der Waals surface area contributed by atoms with E-state index in [1.165, 1.54) is 18.2 Å². The highest BCUT2D eigenvalue weighted by molar-refractivity contribution is 6.05. The standard InChI is InChI=1S/C21H24N6O5/c1-2-12-7-5-6-10-26(12)21-24-18-17(20(30)25-21)13(11-16(28)23-18)19(29)22-14-8-3-4-9-15(14)27(31)32/h3-4,8-9,12-13H,2,5-7,10-11H2,1H3,(H,22,29)(H2,23,24,25,28,30)/t12-,13-/m1/s1. The summed E-state index contributed by atoms with van der Waals surface area (Å²) in [5.41, 5.74) is -0.739. The maximum Gasteiger partial charge on any atom is 0.292 e. The minimum Gasteiger partial charge on any atom is -0.339 e. The normalized spacial score (nSPS) is 20.3. The van der Waals surface area contributed by atoms with Gasteiger partial charge in [0.1, 0.15) is 11.5 Å². The lowest BCUT2D eigenvalue weighted by Gasteiger charge is -2.36. The van der Waals surface area contributed by atoms with Gasteiger partial charge in [0.15, 0.2) is 0 Å². The Morgan fingerprint density at radius 1 is 1.31 bits per heavy atom. The number of fused-ring (bicyclic) bond motifs is 1. The summed E-state index contributed by atoms with van der Waals surface area (Å²) in [7, 11) is 0. The first-order chi connectivity index (χ1) is 15.4. The van der Waals surface area contributed by atoms with Crippen LogP contribution in [0.2, 0.25) is 0 Å². The van der Waals surface area contributed by atoms with E-state index < -0.39 is 28.2 Å². The number of nitro groups is 1. The molecule has 0 saturated carbocycles. The zero-order chi connectivity index (χ0) is 22.8. The number of amides is 2. The zero-order valence-corrected chi connectivity index (χ0v) is 17.6. The number of para-hydroxylation sites is 2. The maximum atomic E-state index is 13.0. The first kappa shape index (κ1) is 21.5. The summed E-state index contributed by atoms with van der Waals surface area (Å²) in [6.07, 6.45) is 3.71. The molecule has 0 radical (unpaired) electrons. The lowest BCUT2D eigenvalue weighted by molar-refractivity contribution is -0.383. The van der Waals surface area contributed by atoms with Gasteiger partial charge in [0.25, 0.3) is 11.2 Å². The number of nitrogens with one attached hydrogen (secondary N) is 3. The lowest BCUT2D eigenvalue weighted by atomic mass is 9.92. The Hall–Kier alpha value is -3.76. The van der Waals surface area contributed by atoms with Gasteiger partial charge in [-0.3, -0.25) is 29.5 Å². The highest BCUT2D eigenvalue weighted by Crippen LogP contribution is 2.33. The first-order valence-corrected chi connectivity index (χ1v) is 10.6. The van der Waals surface area contributed by atoms with Gasteiger partial charge in [-0.05, 0) is 31.7 Å². The third kappa shape index (κ3) is 4.05. The number of hydrogen-bond acceptors (Lipinski definition) is 7. The van der Waals surface area contributed by atoms with Crippen molar-refractivity contribution in [2.45, 2.75) is 51.0 Å². The molecule has 1 fully saturated rings. The van der Waals surface area contributed by atoms with E-state index in [1.54, 1.807) is 6.07 Å². The Kier molecular flexibility index (Phi) is 5.89. The van der Waals surface area contributed by atoms with Crippen molar-refractivity contribution in [3.8, 4) is 0 Å². The van der Waals surface area contributed by atoms with Crippen molar-refractivity contribution in [2.24, 2.45) is 0 Å². The summed E-state index contributed by atoms with van der Waals surface area (Å²) in [5.74, 6) is -1.81. The molecule has 1 saturated heterocycles. The van der Waals surface area contributed by atoms with Gasteiger partial charge in [0.2, 0.25) is 17.8 Å². The van der Waals surface area contributed by atoms with E-state index in [0.29, 0.717) is 5.95 Å². The number of carbonyl (C=O) groups excluding carboxylic acids is 2. The second kappa shape index (κ2) is 8.77. The number of carbonyl (C=O) groups is 2. The van der Waals surface area contributed by atoms with Crippen LogP contribution in [0.15, 0.2) is 29.1 Å². The van der Waals surface area contributed by atoms with Crippen molar-refractivity contribution in [1.29, 1.82) is 0 Å². The number of anilines is 3. The molecule has 1 aromatic carbocycles. The summed E-state index contributed by atoms with van der Waals surface area (Å²) in [6, 6.07) is 5.93. The number of H-pyrrole nitrogens is 1. The Morgan fingerprint density at radius 2 is 2.09 bits per heavy atom. The Bertz CT molecular complexity index is 1130. The fourth-order valence-electron chi connectivity index (χ4n) is 4.38. The molecule has 4 rings (SSSR count). The van der Waals surface area contributed by atoms with Gasteiger partial charge in [-0.15, -0.1) is 0 Å². The van der Waals surface area contributed by atoms with Crippen LogP contribution in [0.25, 0.3) is 0 Å². The number of benzene rings is 1. The van der Waals surface area contributed by atoms with Crippen molar-refractivity contribution in [3.63, 3.8) is 0 Å². The third-order valence-corrected chi connectivity index (χ3v) is 5.98. The summed E-state index contributed by atoms with van der Waals surface area (Å²) < 4.78 is 0. The number of aromatic nitrogens is 2. The van der Waals surface area contributed by atoms with E-state index >= 15 is 0 Å². The molecule has 0 aliphatic carbocycles. The average molecular weight is 440 g/mol. The minimum absolute atomic E-state index is 0.00450. The molecule has 2 aliphatic rings. The molecule has 2 aliphatic heterocycles. The molecule has 1 aromatic heterocycles. The fourth-order valence-corrected chi connectivity index (χ4v) is 4.38. The number of aromatic amines is 1. The number of nitrogens with zero attached hydrogens (tertiary/aromatic N) is 3. The van der Waals surface area contributed by atoms with Crippen molar-refractivity contribution in [3.05, 3.63) is 50.3 Å². The molecule has 2 atom stereocenters. The average Bonchev–Trinajstić information content (AvgIpc) is 2.78. The molecule has 0 bridgehead atoms. The number of rotatable bonds is 5. The molecule has 32 heavy (non-hydrogen) atoms. The van der Waals surface area contributed by atoms with Crippen molar-refractivity contribution < 1.29 is 14.5 Å². The highest BCUT2D eigenvalue weighted by Gasteiger charge is 2.36. The SMILES string of the molecule is CC[C@@H]1CCCCN1c1nc2c(c(=O)[nH]1)[C@H](C(=O)Nc1ccccc1[N+](=O)[O-])CC(=O)N2. The summed E-state index contributed by atoms with van der Waals surface area (Å²) in [5, 5.41) is 16.3. The monoisotopic (exact) mass is 440 g/mol. The third-order valence-electron chi connectivity index (χ3n) is 5.98. The minimum atomic E-state index is -1.12. The van der Waals surface area contributed by atoms with Gasteiger partial charge in [0.05, 0.1) is 16.4 Å². The Morgan fingerprint density at radius 3 is 2.84 bits per heavy atom. The number of nitro benzene ring substituents is 1. The van der Waals surface area contributed by atoms with Crippen LogP contribution in [-0.4, -0.2) is 39.3 Å². The molecule has 3 N–H and O–H groups in total. The van der Waals surface area contributed by atoms with Crippen LogP contribution in [0.5, 0.6) is 0 Å². The molecule has 3 heterocycles. The van der Waals surface area contributed by atoms with Gasteiger partial charge in [0, 0.05) is 25.1 Å². The predicted octanol–water partition coefficient (Wildman–Crippen LogP) is 2.51. The van der Waals surface area contributed by atoms with Gasteiger partial charge < -0.3 is 15.5 Å². The summed E-state index contributed by atoms with van der Waals surface area (Å²) in [4.78, 5) is 58.2. The Labute approximate surface area is 183 Å². The van der Waals surface area contributed by atoms with Crippen LogP contribution in [0.1, 0.15) is 50.5 Å². The molecule has 2 amide bonds. The number of hydrogen-bond donors (Lipinski definition) is 3. The van der Waals surface area contributed by atoms with E-state index in [-0.39, 0.29) is 35.2 Å². The van der Waals surface area contributed by atoms with Gasteiger partial charge >= 0.3 is 0 Å². The Balaban J connectivity index is 1.68. The van der Waals surface area contributed by atoms with Gasteiger partial charge in [-0.25, -0.2) is 0 Å². The van der Waals surface area contributed by atoms with Crippen molar-refractivity contribution in [2.75, 3.05) is 22.1 Å². The molecular formula is C21H24N6O5. The van der Waals surface area contributed by atoms with Crippen LogP contribution >= 0.6 is 0 Å². The second-order valence-electron chi connectivity index (χ2n) is 7.97. The smallest absolute Gasteiger partial charge is 0.292 e.